The molecule has 1 aliphatic carbocycles. The van der Waals surface area contributed by atoms with Crippen LogP contribution < -0.4 is 5.32 Å². The summed E-state index contributed by atoms with van der Waals surface area (Å²) in [4.78, 5) is 21.2. The molecular weight excluding hydrogens is 298 g/mol. The van der Waals surface area contributed by atoms with Gasteiger partial charge in [-0.1, -0.05) is 36.8 Å². The predicted octanol–water partition coefficient (Wildman–Crippen LogP) is 4.34. The molecule has 1 saturated carbocycles. The fourth-order valence-corrected chi connectivity index (χ4v) is 3.05. The number of nitrogens with zero attached hydrogens (tertiary/aromatic N) is 2. The molecule has 0 atom stereocenters. The van der Waals surface area contributed by atoms with Crippen molar-refractivity contribution in [2.75, 3.05) is 5.32 Å². The van der Waals surface area contributed by atoms with Gasteiger partial charge in [-0.25, -0.2) is 9.97 Å². The number of amides is 1. The first kappa shape index (κ1) is 14.8. The zero-order valence-corrected chi connectivity index (χ0v) is 13.6. The van der Waals surface area contributed by atoms with E-state index in [9.17, 15) is 4.79 Å². The van der Waals surface area contributed by atoms with Crippen molar-refractivity contribution in [3.63, 3.8) is 0 Å². The molecule has 0 unspecified atom stereocenters. The van der Waals surface area contributed by atoms with E-state index < -0.39 is 0 Å². The average molecular weight is 317 g/mol. The minimum atomic E-state index is 0.0732. The quantitative estimate of drug-likeness (QED) is 0.781. The van der Waals surface area contributed by atoms with Crippen molar-refractivity contribution >= 4 is 22.8 Å². The lowest BCUT2D eigenvalue weighted by Crippen LogP contribution is -2.28. The average Bonchev–Trinajstić information content (AvgIpc) is 2.53. The first-order valence-electron chi connectivity index (χ1n) is 8.35. The van der Waals surface area contributed by atoms with Gasteiger partial charge in [0.05, 0.1) is 0 Å². The molecule has 4 nitrogen and oxygen atoms in total. The Hall–Kier alpha value is -2.75. The molecule has 1 N–H and O–H groups in total. The summed E-state index contributed by atoms with van der Waals surface area (Å²) in [6.45, 7) is 1.97. The minimum absolute atomic E-state index is 0.0732. The van der Waals surface area contributed by atoms with Gasteiger partial charge in [0, 0.05) is 17.0 Å². The summed E-state index contributed by atoms with van der Waals surface area (Å²) in [5, 5.41) is 3.92. The number of pyridine rings is 2. The lowest BCUT2D eigenvalue weighted by atomic mass is 9.85. The van der Waals surface area contributed by atoms with Crippen LogP contribution in [0.5, 0.6) is 0 Å². The molecule has 2 aromatic heterocycles. The predicted molar refractivity (Wildman–Crippen MR) is 95.7 cm³/mol. The molecule has 3 aromatic rings. The summed E-state index contributed by atoms with van der Waals surface area (Å²) in [5.74, 6) is 0.799. The Morgan fingerprint density at radius 1 is 1.08 bits per heavy atom. The number of benzene rings is 1. The normalized spacial score (nSPS) is 14.4. The largest absolute Gasteiger partial charge is 0.310 e. The molecule has 1 aromatic carbocycles. The maximum absolute atomic E-state index is 12.1. The molecule has 0 radical (unpaired) electrons. The number of carbonyl (C=O) groups is 1. The number of aryl methyl sites for hydroxylation is 1. The van der Waals surface area contributed by atoms with Gasteiger partial charge in [0.2, 0.25) is 5.91 Å². The maximum atomic E-state index is 12.1. The number of rotatable bonds is 3. The van der Waals surface area contributed by atoms with Gasteiger partial charge < -0.3 is 5.32 Å². The highest BCUT2D eigenvalue weighted by molar-refractivity contribution is 5.96. The Kier molecular flexibility index (Phi) is 3.73. The lowest BCUT2D eigenvalue weighted by Gasteiger charge is -2.23. The third-order valence-corrected chi connectivity index (χ3v) is 4.61. The third-order valence-electron chi connectivity index (χ3n) is 4.61. The van der Waals surface area contributed by atoms with E-state index in [1.165, 1.54) is 0 Å². The number of fused-ring (bicyclic) bond motifs is 1. The van der Waals surface area contributed by atoms with Gasteiger partial charge in [0.15, 0.2) is 5.65 Å². The fraction of sp³-hybridized carbons (Fsp3) is 0.250. The number of anilines is 1. The zero-order valence-electron chi connectivity index (χ0n) is 13.6. The standard InChI is InChI=1S/C20H19N3O/c1-13-12-17(14-6-3-2-4-7-14)16-10-11-18(22-19(16)21-13)23-20(24)15-8-5-9-15/h2-4,6-7,10-12,15H,5,8-9H2,1H3,(H,21,22,23,24). The van der Waals surface area contributed by atoms with Gasteiger partial charge >= 0.3 is 0 Å². The summed E-state index contributed by atoms with van der Waals surface area (Å²) in [7, 11) is 0. The number of carbonyl (C=O) groups excluding carboxylic acids is 1. The van der Waals surface area contributed by atoms with Crippen molar-refractivity contribution in [3.8, 4) is 11.1 Å². The van der Waals surface area contributed by atoms with E-state index >= 15 is 0 Å². The van der Waals surface area contributed by atoms with Crippen LogP contribution in [-0.2, 0) is 4.79 Å². The van der Waals surface area contributed by atoms with Crippen molar-refractivity contribution in [3.05, 3.63) is 54.2 Å². The molecule has 4 rings (SSSR count). The second kappa shape index (κ2) is 6.04. The molecular formula is C20H19N3O. The Balaban J connectivity index is 1.73. The van der Waals surface area contributed by atoms with Crippen LogP contribution in [0.3, 0.4) is 0 Å². The van der Waals surface area contributed by atoms with E-state index in [-0.39, 0.29) is 11.8 Å². The van der Waals surface area contributed by atoms with E-state index in [1.54, 1.807) is 0 Å². The monoisotopic (exact) mass is 317 g/mol. The Labute approximate surface area is 141 Å². The highest BCUT2D eigenvalue weighted by Gasteiger charge is 2.25. The molecule has 0 spiro atoms. The number of hydrogen-bond acceptors (Lipinski definition) is 3. The molecule has 1 fully saturated rings. The topological polar surface area (TPSA) is 54.9 Å². The van der Waals surface area contributed by atoms with Crippen LogP contribution in [0, 0.1) is 12.8 Å². The number of nitrogens with one attached hydrogen (secondary N) is 1. The van der Waals surface area contributed by atoms with Gasteiger partial charge in [0.25, 0.3) is 0 Å². The van der Waals surface area contributed by atoms with Crippen LogP contribution in [0.4, 0.5) is 5.82 Å². The molecule has 0 aliphatic heterocycles. The summed E-state index contributed by atoms with van der Waals surface area (Å²) >= 11 is 0. The summed E-state index contributed by atoms with van der Waals surface area (Å²) < 4.78 is 0. The van der Waals surface area contributed by atoms with Gasteiger partial charge in [-0.2, -0.15) is 0 Å². The summed E-state index contributed by atoms with van der Waals surface area (Å²) in [6.07, 6.45) is 3.11. The lowest BCUT2D eigenvalue weighted by molar-refractivity contribution is -0.122. The molecule has 0 bridgehead atoms. The Morgan fingerprint density at radius 2 is 1.88 bits per heavy atom. The second-order valence-electron chi connectivity index (χ2n) is 6.36. The van der Waals surface area contributed by atoms with Crippen molar-refractivity contribution in [1.29, 1.82) is 0 Å². The molecule has 0 saturated heterocycles. The first-order chi connectivity index (χ1) is 11.7. The highest BCUT2D eigenvalue weighted by atomic mass is 16.2. The highest BCUT2D eigenvalue weighted by Crippen LogP contribution is 2.30. The van der Waals surface area contributed by atoms with Crippen molar-refractivity contribution in [2.45, 2.75) is 26.2 Å². The minimum Gasteiger partial charge on any atom is -0.310 e. The Bertz CT molecular complexity index is 901. The van der Waals surface area contributed by atoms with E-state index in [0.29, 0.717) is 11.5 Å². The summed E-state index contributed by atoms with van der Waals surface area (Å²) in [6, 6.07) is 16.2. The zero-order chi connectivity index (χ0) is 16.5. The SMILES string of the molecule is Cc1cc(-c2ccccc2)c2ccc(NC(=O)C3CCC3)nc2n1. The fourth-order valence-electron chi connectivity index (χ4n) is 3.05. The van der Waals surface area contributed by atoms with Crippen LogP contribution in [0.15, 0.2) is 48.5 Å². The molecule has 4 heteroatoms. The molecule has 2 heterocycles. The second-order valence-corrected chi connectivity index (χ2v) is 6.36. The first-order valence-corrected chi connectivity index (χ1v) is 8.35. The third kappa shape index (κ3) is 2.75. The number of aromatic nitrogens is 2. The molecule has 1 amide bonds. The van der Waals surface area contributed by atoms with Gasteiger partial charge in [-0.15, -0.1) is 0 Å². The van der Waals surface area contributed by atoms with Crippen LogP contribution in [0.1, 0.15) is 25.0 Å². The number of hydrogen-bond donors (Lipinski definition) is 1. The summed E-state index contributed by atoms with van der Waals surface area (Å²) in [5.41, 5.74) is 3.83. The smallest absolute Gasteiger partial charge is 0.228 e. The van der Waals surface area contributed by atoms with Crippen LogP contribution in [0.25, 0.3) is 22.2 Å². The maximum Gasteiger partial charge on any atom is 0.228 e. The van der Waals surface area contributed by atoms with E-state index in [0.717, 1.165) is 41.5 Å². The van der Waals surface area contributed by atoms with Crippen molar-refractivity contribution in [1.82, 2.24) is 9.97 Å². The molecule has 24 heavy (non-hydrogen) atoms. The Morgan fingerprint density at radius 3 is 2.58 bits per heavy atom. The van der Waals surface area contributed by atoms with Gasteiger partial charge in [-0.05, 0) is 49.1 Å². The molecule has 120 valence electrons. The van der Waals surface area contributed by atoms with Gasteiger partial charge in [-0.3, -0.25) is 4.79 Å². The molecule has 1 aliphatic rings. The van der Waals surface area contributed by atoms with E-state index in [1.807, 2.05) is 37.3 Å². The van der Waals surface area contributed by atoms with E-state index in [4.69, 9.17) is 0 Å². The van der Waals surface area contributed by atoms with Crippen molar-refractivity contribution in [2.24, 2.45) is 5.92 Å². The van der Waals surface area contributed by atoms with Gasteiger partial charge in [0.1, 0.15) is 5.82 Å². The van der Waals surface area contributed by atoms with Crippen LogP contribution in [-0.4, -0.2) is 15.9 Å². The van der Waals surface area contributed by atoms with Crippen LogP contribution >= 0.6 is 0 Å². The van der Waals surface area contributed by atoms with Crippen LogP contribution in [0.2, 0.25) is 0 Å². The van der Waals surface area contributed by atoms with E-state index in [2.05, 4.69) is 33.5 Å². The van der Waals surface area contributed by atoms with Crippen molar-refractivity contribution < 1.29 is 4.79 Å².